The normalized spacial score (nSPS) is 20.3. The average molecular weight is 422 g/mol. The van der Waals surface area contributed by atoms with Gasteiger partial charge in [0.25, 0.3) is 11.1 Å². The minimum Gasteiger partial charge on any atom is -0.410 e. The zero-order valence-corrected chi connectivity index (χ0v) is 17.5. The number of likely N-dealkylation sites (tertiary alicyclic amines) is 1. The van der Waals surface area contributed by atoms with Crippen LogP contribution in [0.15, 0.2) is 33.9 Å². The number of carbonyl (C=O) groups is 1. The van der Waals surface area contributed by atoms with Crippen molar-refractivity contribution in [3.8, 4) is 10.8 Å². The van der Waals surface area contributed by atoms with Gasteiger partial charge in [-0.05, 0) is 39.2 Å². The molecule has 1 aromatic carbocycles. The van der Waals surface area contributed by atoms with Gasteiger partial charge in [0.15, 0.2) is 0 Å². The van der Waals surface area contributed by atoms with Crippen LogP contribution in [0.2, 0.25) is 5.02 Å². The topological polar surface area (TPSA) is 59.2 Å². The van der Waals surface area contributed by atoms with Crippen LogP contribution in [0, 0.1) is 0 Å². The molecule has 0 radical (unpaired) electrons. The number of hydrogen-bond acceptors (Lipinski definition) is 6. The first-order valence-electron chi connectivity index (χ1n) is 8.99. The van der Waals surface area contributed by atoms with Gasteiger partial charge < -0.3 is 9.32 Å². The molecular formula is C19H20ClN3O2S2. The van der Waals surface area contributed by atoms with Crippen LogP contribution < -0.4 is 0 Å². The summed E-state index contributed by atoms with van der Waals surface area (Å²) in [4.78, 5) is 15.4. The number of piperidine rings is 1. The molecule has 27 heavy (non-hydrogen) atoms. The van der Waals surface area contributed by atoms with E-state index in [1.54, 1.807) is 0 Å². The number of carbonyl (C=O) groups excluding carboxylic acids is 1. The largest absolute Gasteiger partial charge is 0.410 e. The fourth-order valence-corrected chi connectivity index (χ4v) is 5.69. The van der Waals surface area contributed by atoms with Crippen molar-refractivity contribution in [1.82, 2.24) is 15.1 Å². The number of amides is 1. The third kappa shape index (κ3) is 3.73. The van der Waals surface area contributed by atoms with Crippen LogP contribution in [0.5, 0.6) is 0 Å². The monoisotopic (exact) mass is 421 g/mol. The molecule has 8 heteroatoms. The third-order valence-corrected chi connectivity index (χ3v) is 7.40. The molecule has 142 valence electrons. The molecule has 3 heterocycles. The summed E-state index contributed by atoms with van der Waals surface area (Å²) in [5.41, 5.74) is 0. The van der Waals surface area contributed by atoms with Crippen LogP contribution in [-0.2, 0) is 4.79 Å². The van der Waals surface area contributed by atoms with Crippen molar-refractivity contribution in [3.63, 3.8) is 0 Å². The lowest BCUT2D eigenvalue weighted by atomic mass is 9.98. The number of thioether (sulfide) groups is 1. The van der Waals surface area contributed by atoms with E-state index in [-0.39, 0.29) is 18.0 Å². The maximum absolute atomic E-state index is 12.6. The van der Waals surface area contributed by atoms with Gasteiger partial charge in [-0.15, -0.1) is 21.5 Å². The summed E-state index contributed by atoms with van der Waals surface area (Å²) in [6.07, 6.45) is 3.31. The van der Waals surface area contributed by atoms with Crippen LogP contribution in [0.4, 0.5) is 0 Å². The Balaban J connectivity index is 1.46. The van der Waals surface area contributed by atoms with E-state index >= 15 is 0 Å². The standard InChI is InChI=1S/C19H20ClN3O2S2/c1-11-6-5-7-12(2)23(11)15(24)10-26-19-22-21-18(25-19)17-16(20)13-8-3-4-9-14(13)27-17/h3-4,8-9,11-12H,5-7,10H2,1-2H3. The number of halogens is 1. The second-order valence-corrected chi connectivity index (χ2v) is 9.19. The molecule has 1 aliphatic rings. The SMILES string of the molecule is CC1CCCC(C)N1C(=O)CSc1nnc(-c2sc3ccccc3c2Cl)o1. The Morgan fingerprint density at radius 2 is 2.04 bits per heavy atom. The maximum atomic E-state index is 12.6. The molecule has 1 saturated heterocycles. The number of fused-ring (bicyclic) bond motifs is 1. The lowest BCUT2D eigenvalue weighted by molar-refractivity contribution is -0.134. The molecule has 5 nitrogen and oxygen atoms in total. The molecular weight excluding hydrogens is 402 g/mol. The summed E-state index contributed by atoms with van der Waals surface area (Å²) in [7, 11) is 0. The molecule has 0 bridgehead atoms. The quantitative estimate of drug-likeness (QED) is 0.521. The molecule has 0 aliphatic carbocycles. The second-order valence-electron chi connectivity index (χ2n) is 6.83. The van der Waals surface area contributed by atoms with Gasteiger partial charge in [-0.3, -0.25) is 4.79 Å². The Morgan fingerprint density at radius 3 is 2.78 bits per heavy atom. The fraction of sp³-hybridized carbons (Fsp3) is 0.421. The highest BCUT2D eigenvalue weighted by molar-refractivity contribution is 7.99. The highest BCUT2D eigenvalue weighted by Crippen LogP contribution is 2.41. The van der Waals surface area contributed by atoms with Crippen LogP contribution in [0.3, 0.4) is 0 Å². The zero-order chi connectivity index (χ0) is 19.0. The molecule has 4 rings (SSSR count). The molecule has 0 saturated carbocycles. The van der Waals surface area contributed by atoms with E-state index < -0.39 is 0 Å². The molecule has 0 spiro atoms. The summed E-state index contributed by atoms with van der Waals surface area (Å²) in [6, 6.07) is 8.50. The lowest BCUT2D eigenvalue weighted by Crippen LogP contribution is -2.48. The van der Waals surface area contributed by atoms with Crippen molar-refractivity contribution in [3.05, 3.63) is 29.3 Å². The van der Waals surface area contributed by atoms with Crippen molar-refractivity contribution in [2.75, 3.05) is 5.75 Å². The van der Waals surface area contributed by atoms with Crippen molar-refractivity contribution in [1.29, 1.82) is 0 Å². The van der Waals surface area contributed by atoms with Gasteiger partial charge in [-0.2, -0.15) is 0 Å². The summed E-state index contributed by atoms with van der Waals surface area (Å²) in [6.45, 7) is 4.24. The fourth-order valence-electron chi connectivity index (χ4n) is 3.62. The Kier molecular flexibility index (Phi) is 5.43. The lowest BCUT2D eigenvalue weighted by Gasteiger charge is -2.39. The molecule has 1 amide bonds. The minimum absolute atomic E-state index is 0.124. The predicted molar refractivity (Wildman–Crippen MR) is 110 cm³/mol. The number of aromatic nitrogens is 2. The van der Waals surface area contributed by atoms with E-state index in [0.29, 0.717) is 21.9 Å². The minimum atomic E-state index is 0.124. The average Bonchev–Trinajstić information content (AvgIpc) is 3.25. The van der Waals surface area contributed by atoms with Crippen molar-refractivity contribution in [2.24, 2.45) is 0 Å². The van der Waals surface area contributed by atoms with Crippen LogP contribution in [0.1, 0.15) is 33.1 Å². The third-order valence-electron chi connectivity index (χ3n) is 4.94. The Hall–Kier alpha value is -1.57. The van der Waals surface area contributed by atoms with E-state index in [1.165, 1.54) is 29.5 Å². The summed E-state index contributed by atoms with van der Waals surface area (Å²) < 4.78 is 6.84. The first-order valence-corrected chi connectivity index (χ1v) is 11.2. The highest BCUT2D eigenvalue weighted by Gasteiger charge is 2.29. The van der Waals surface area contributed by atoms with E-state index in [9.17, 15) is 4.79 Å². The molecule has 2 unspecified atom stereocenters. The van der Waals surface area contributed by atoms with Gasteiger partial charge in [-0.25, -0.2) is 0 Å². The van der Waals surface area contributed by atoms with E-state index in [2.05, 4.69) is 24.0 Å². The molecule has 1 fully saturated rings. The van der Waals surface area contributed by atoms with Crippen molar-refractivity contribution in [2.45, 2.75) is 50.4 Å². The molecule has 2 atom stereocenters. The van der Waals surface area contributed by atoms with E-state index in [1.807, 2.05) is 29.2 Å². The predicted octanol–water partition coefficient (Wildman–Crippen LogP) is 5.49. The molecule has 1 aliphatic heterocycles. The van der Waals surface area contributed by atoms with Crippen LogP contribution in [-0.4, -0.2) is 38.8 Å². The van der Waals surface area contributed by atoms with Crippen LogP contribution in [0.25, 0.3) is 20.9 Å². The highest BCUT2D eigenvalue weighted by atomic mass is 35.5. The number of benzene rings is 1. The Bertz CT molecular complexity index is 961. The number of hydrogen-bond donors (Lipinski definition) is 0. The van der Waals surface area contributed by atoms with Crippen molar-refractivity contribution >= 4 is 50.7 Å². The number of thiophene rings is 1. The van der Waals surface area contributed by atoms with Gasteiger partial charge in [0.05, 0.1) is 10.8 Å². The smallest absolute Gasteiger partial charge is 0.277 e. The van der Waals surface area contributed by atoms with Gasteiger partial charge in [-0.1, -0.05) is 41.6 Å². The number of nitrogens with zero attached hydrogens (tertiary/aromatic N) is 3. The summed E-state index contributed by atoms with van der Waals surface area (Å²) in [5.74, 6) is 0.825. The van der Waals surface area contributed by atoms with Gasteiger partial charge in [0, 0.05) is 22.2 Å². The van der Waals surface area contributed by atoms with Crippen molar-refractivity contribution < 1.29 is 9.21 Å². The maximum Gasteiger partial charge on any atom is 0.277 e. The zero-order valence-electron chi connectivity index (χ0n) is 15.1. The first kappa shape index (κ1) is 18.8. The summed E-state index contributed by atoms with van der Waals surface area (Å²) >= 11 is 9.29. The molecule has 0 N–H and O–H groups in total. The van der Waals surface area contributed by atoms with Gasteiger partial charge >= 0.3 is 0 Å². The number of rotatable bonds is 4. The molecule has 3 aromatic rings. The molecule has 2 aromatic heterocycles. The van der Waals surface area contributed by atoms with E-state index in [0.717, 1.165) is 27.8 Å². The van der Waals surface area contributed by atoms with Gasteiger partial charge in [0.2, 0.25) is 5.91 Å². The van der Waals surface area contributed by atoms with E-state index in [4.69, 9.17) is 16.0 Å². The summed E-state index contributed by atoms with van der Waals surface area (Å²) in [5, 5.41) is 10.2. The Morgan fingerprint density at radius 1 is 1.30 bits per heavy atom. The first-order chi connectivity index (χ1) is 13.0. The Labute approximate surface area is 171 Å². The van der Waals surface area contributed by atoms with Gasteiger partial charge in [0.1, 0.15) is 4.88 Å². The second kappa shape index (κ2) is 7.81. The van der Waals surface area contributed by atoms with Crippen LogP contribution >= 0.6 is 34.7 Å².